The molecule has 2 atom stereocenters. The van der Waals surface area contributed by atoms with Crippen LogP contribution < -0.4 is 10.7 Å². The molecule has 0 radical (unpaired) electrons. The predicted octanol–water partition coefficient (Wildman–Crippen LogP) is 3.50. The molecule has 1 aromatic heterocycles. The molecule has 2 aromatic rings. The van der Waals surface area contributed by atoms with Gasteiger partial charge in [0.15, 0.2) is 5.82 Å². The molecule has 1 aromatic carbocycles. The van der Waals surface area contributed by atoms with Crippen molar-refractivity contribution in [1.82, 2.24) is 14.9 Å². The van der Waals surface area contributed by atoms with Gasteiger partial charge in [-0.15, -0.1) is 10.2 Å². The van der Waals surface area contributed by atoms with E-state index in [-0.39, 0.29) is 17.2 Å². The van der Waals surface area contributed by atoms with E-state index in [1.54, 1.807) is 4.68 Å². The molecule has 1 aliphatic carbocycles. The molecule has 1 fully saturated rings. The molecule has 0 unspecified atom stereocenters. The summed E-state index contributed by atoms with van der Waals surface area (Å²) in [5.74, 6) is 7.63. The quantitative estimate of drug-likeness (QED) is 0.644. The third-order valence-corrected chi connectivity index (χ3v) is 6.78. The number of rotatable bonds is 4. The second kappa shape index (κ2) is 7.54. The fourth-order valence-corrected chi connectivity index (χ4v) is 5.14. The first kappa shape index (κ1) is 18.3. The Labute approximate surface area is 164 Å². The summed E-state index contributed by atoms with van der Waals surface area (Å²) in [6.45, 7) is 4.03. The molecule has 0 saturated heterocycles. The molecular formula is C20H27N5OS. The molecular weight excluding hydrogens is 358 g/mol. The Kier molecular flexibility index (Phi) is 5.12. The maximum Gasteiger partial charge on any atom is 0.240 e. The van der Waals surface area contributed by atoms with Gasteiger partial charge in [-0.1, -0.05) is 49.2 Å². The first-order valence-corrected chi connectivity index (χ1v) is 10.7. The minimum atomic E-state index is -0.274. The van der Waals surface area contributed by atoms with Crippen molar-refractivity contribution in [1.29, 1.82) is 0 Å². The first-order chi connectivity index (χ1) is 13.1. The van der Waals surface area contributed by atoms with Crippen LogP contribution in [0, 0.1) is 0 Å². The minimum absolute atomic E-state index is 0.0969. The van der Waals surface area contributed by atoms with Gasteiger partial charge in [0.1, 0.15) is 0 Å². The van der Waals surface area contributed by atoms with Crippen LogP contribution in [0.25, 0.3) is 0 Å². The molecule has 4 rings (SSSR count). The van der Waals surface area contributed by atoms with Crippen LogP contribution in [0.2, 0.25) is 0 Å². The van der Waals surface area contributed by atoms with Crippen LogP contribution in [0.4, 0.5) is 5.69 Å². The summed E-state index contributed by atoms with van der Waals surface area (Å²) in [7, 11) is 0. The highest BCUT2D eigenvalue weighted by Gasteiger charge is 2.34. The number of fused-ring (bicyclic) bond motifs is 1. The Hall–Kier alpha value is -2.02. The van der Waals surface area contributed by atoms with Crippen molar-refractivity contribution in [3.8, 4) is 0 Å². The summed E-state index contributed by atoms with van der Waals surface area (Å²) in [6, 6.07) is 8.32. The van der Waals surface area contributed by atoms with Gasteiger partial charge in [0.05, 0.1) is 5.25 Å². The van der Waals surface area contributed by atoms with Crippen LogP contribution in [0.1, 0.15) is 63.3 Å². The monoisotopic (exact) mass is 385 g/mol. The standard InChI is InChI=1S/C20H27N5OS/c1-13-12-16-10-6-7-11-17(16)24(13)19(26)14(2)27-20-23-22-18(25(20)21)15-8-4-3-5-9-15/h6-7,10-11,13-15H,3-5,8-9,12,21H2,1-2H3/t13-,14-/m0/s1. The van der Waals surface area contributed by atoms with E-state index in [1.807, 2.05) is 30.0 Å². The maximum atomic E-state index is 13.1. The lowest BCUT2D eigenvalue weighted by Gasteiger charge is -2.25. The van der Waals surface area contributed by atoms with Crippen molar-refractivity contribution in [3.63, 3.8) is 0 Å². The molecule has 27 heavy (non-hydrogen) atoms. The van der Waals surface area contributed by atoms with Gasteiger partial charge >= 0.3 is 0 Å². The van der Waals surface area contributed by atoms with Gasteiger partial charge in [-0.2, -0.15) is 0 Å². The van der Waals surface area contributed by atoms with Crippen LogP contribution >= 0.6 is 11.8 Å². The SMILES string of the molecule is C[C@H](Sc1nnc(C2CCCCC2)n1N)C(=O)N1c2ccccc2C[C@@H]1C. The number of anilines is 1. The fraction of sp³-hybridized carbons (Fsp3) is 0.550. The number of benzene rings is 1. The number of nitrogens with zero attached hydrogens (tertiary/aromatic N) is 4. The van der Waals surface area contributed by atoms with Crippen LogP contribution in [0.5, 0.6) is 0 Å². The van der Waals surface area contributed by atoms with E-state index in [0.29, 0.717) is 11.1 Å². The van der Waals surface area contributed by atoms with E-state index in [9.17, 15) is 4.79 Å². The number of carbonyl (C=O) groups is 1. The van der Waals surface area contributed by atoms with E-state index in [4.69, 9.17) is 5.84 Å². The Bertz CT molecular complexity index is 830. The van der Waals surface area contributed by atoms with Gasteiger partial charge < -0.3 is 10.7 Å². The lowest BCUT2D eigenvalue weighted by molar-refractivity contribution is -0.118. The molecule has 6 nitrogen and oxygen atoms in total. The van der Waals surface area contributed by atoms with Crippen LogP contribution in [-0.4, -0.2) is 32.1 Å². The topological polar surface area (TPSA) is 77.0 Å². The van der Waals surface area contributed by atoms with Crippen LogP contribution in [-0.2, 0) is 11.2 Å². The van der Waals surface area contributed by atoms with Crippen molar-refractivity contribution in [2.75, 3.05) is 10.7 Å². The number of hydrogen-bond donors (Lipinski definition) is 1. The summed E-state index contributed by atoms with van der Waals surface area (Å²) >= 11 is 1.40. The molecule has 1 saturated carbocycles. The van der Waals surface area contributed by atoms with Crippen LogP contribution in [0.3, 0.4) is 0 Å². The van der Waals surface area contributed by atoms with E-state index in [0.717, 1.165) is 30.8 Å². The summed E-state index contributed by atoms with van der Waals surface area (Å²) in [5, 5.41) is 8.97. The lowest BCUT2D eigenvalue weighted by Crippen LogP contribution is -2.40. The molecule has 1 aliphatic heterocycles. The highest BCUT2D eigenvalue weighted by Crippen LogP contribution is 2.36. The summed E-state index contributed by atoms with van der Waals surface area (Å²) in [4.78, 5) is 15.1. The van der Waals surface area contributed by atoms with Crippen molar-refractivity contribution in [2.24, 2.45) is 0 Å². The van der Waals surface area contributed by atoms with Gasteiger partial charge in [-0.25, -0.2) is 4.68 Å². The average Bonchev–Trinajstić information content (AvgIpc) is 3.21. The Morgan fingerprint density at radius 1 is 1.22 bits per heavy atom. The average molecular weight is 386 g/mol. The highest BCUT2D eigenvalue weighted by molar-refractivity contribution is 8.00. The molecule has 2 N–H and O–H groups in total. The fourth-order valence-electron chi connectivity index (χ4n) is 4.31. The number of carbonyl (C=O) groups excluding carboxylic acids is 1. The Morgan fingerprint density at radius 2 is 1.96 bits per heavy atom. The second-order valence-corrected chi connectivity index (χ2v) is 9.00. The summed E-state index contributed by atoms with van der Waals surface area (Å²) in [5.41, 5.74) is 2.26. The number of aromatic nitrogens is 3. The molecule has 2 heterocycles. The Balaban J connectivity index is 1.49. The smallest absolute Gasteiger partial charge is 0.240 e. The molecule has 0 bridgehead atoms. The third kappa shape index (κ3) is 3.45. The van der Waals surface area contributed by atoms with E-state index >= 15 is 0 Å². The van der Waals surface area contributed by atoms with Crippen molar-refractivity contribution in [3.05, 3.63) is 35.7 Å². The molecule has 1 amide bonds. The van der Waals surface area contributed by atoms with E-state index in [2.05, 4.69) is 23.2 Å². The summed E-state index contributed by atoms with van der Waals surface area (Å²) in [6.07, 6.45) is 6.88. The van der Waals surface area contributed by atoms with Crippen LogP contribution in [0.15, 0.2) is 29.4 Å². The van der Waals surface area contributed by atoms with E-state index < -0.39 is 0 Å². The Morgan fingerprint density at radius 3 is 2.74 bits per heavy atom. The summed E-state index contributed by atoms with van der Waals surface area (Å²) < 4.78 is 1.60. The largest absolute Gasteiger partial charge is 0.336 e. The van der Waals surface area contributed by atoms with Gasteiger partial charge in [-0.05, 0) is 44.7 Å². The zero-order valence-corrected chi connectivity index (χ0v) is 16.8. The second-order valence-electron chi connectivity index (χ2n) is 7.70. The number of nitrogens with two attached hydrogens (primary N) is 1. The molecule has 7 heteroatoms. The molecule has 2 aliphatic rings. The van der Waals surface area contributed by atoms with Gasteiger partial charge in [-0.3, -0.25) is 4.79 Å². The number of thioether (sulfide) groups is 1. The van der Waals surface area contributed by atoms with Gasteiger partial charge in [0.2, 0.25) is 11.1 Å². The van der Waals surface area contributed by atoms with Crippen molar-refractivity contribution in [2.45, 2.75) is 74.7 Å². The first-order valence-electron chi connectivity index (χ1n) is 9.84. The minimum Gasteiger partial charge on any atom is -0.336 e. The third-order valence-electron chi connectivity index (χ3n) is 5.74. The zero-order chi connectivity index (χ0) is 19.0. The highest BCUT2D eigenvalue weighted by atomic mass is 32.2. The van der Waals surface area contributed by atoms with Crippen molar-refractivity contribution >= 4 is 23.4 Å². The maximum absolute atomic E-state index is 13.1. The number of amides is 1. The normalized spacial score (nSPS) is 21.3. The zero-order valence-electron chi connectivity index (χ0n) is 16.0. The van der Waals surface area contributed by atoms with E-state index in [1.165, 1.54) is 36.6 Å². The number of para-hydroxylation sites is 1. The molecule has 144 valence electrons. The number of hydrogen-bond acceptors (Lipinski definition) is 5. The van der Waals surface area contributed by atoms with Crippen molar-refractivity contribution < 1.29 is 4.79 Å². The lowest BCUT2D eigenvalue weighted by atomic mass is 9.89. The van der Waals surface area contributed by atoms with Gasteiger partial charge in [0.25, 0.3) is 0 Å². The predicted molar refractivity (Wildman–Crippen MR) is 108 cm³/mol. The van der Waals surface area contributed by atoms with Gasteiger partial charge in [0, 0.05) is 17.6 Å². The molecule has 0 spiro atoms. The number of nitrogen functional groups attached to an aromatic ring is 1.